The van der Waals surface area contributed by atoms with Crippen LogP contribution in [0.1, 0.15) is 0 Å². The maximum Gasteiger partial charge on any atom is 0.573 e. The lowest BCUT2D eigenvalue weighted by Crippen LogP contribution is -2.23. The number of amides is 1. The summed E-state index contributed by atoms with van der Waals surface area (Å²) >= 11 is 3.07. The fourth-order valence-corrected chi connectivity index (χ4v) is 2.32. The third kappa shape index (κ3) is 7.43. The molecule has 0 atom stereocenters. The summed E-state index contributed by atoms with van der Waals surface area (Å²) in [6.45, 7) is -1.14. The lowest BCUT2D eigenvalue weighted by atomic mass is 10.3. The fraction of sp³-hybridized carbons (Fsp3) is 0.176. The van der Waals surface area contributed by atoms with Crippen molar-refractivity contribution in [2.75, 3.05) is 18.5 Å². The van der Waals surface area contributed by atoms with Crippen LogP contribution in [-0.2, 0) is 14.3 Å². The first-order valence-corrected chi connectivity index (χ1v) is 8.31. The molecule has 0 fully saturated rings. The van der Waals surface area contributed by atoms with Crippen LogP contribution in [0, 0.1) is 5.82 Å². The SMILES string of the molecule is O=C(COC(=O)COc1ccc(F)cc1Br)Nc1ccc(OC(F)(F)F)cc1. The van der Waals surface area contributed by atoms with Gasteiger partial charge in [-0.25, -0.2) is 9.18 Å². The average molecular weight is 466 g/mol. The number of hydrogen-bond acceptors (Lipinski definition) is 5. The molecule has 2 aromatic rings. The van der Waals surface area contributed by atoms with Crippen LogP contribution in [0.2, 0.25) is 0 Å². The van der Waals surface area contributed by atoms with Crippen molar-refractivity contribution in [3.8, 4) is 11.5 Å². The molecule has 0 saturated carbocycles. The monoisotopic (exact) mass is 465 g/mol. The molecule has 2 rings (SSSR count). The third-order valence-corrected chi connectivity index (χ3v) is 3.60. The van der Waals surface area contributed by atoms with Gasteiger partial charge in [0.15, 0.2) is 13.2 Å². The van der Waals surface area contributed by atoms with E-state index in [1.807, 2.05) is 0 Å². The highest BCUT2D eigenvalue weighted by Gasteiger charge is 2.30. The first-order chi connectivity index (χ1) is 13.1. The Balaban J connectivity index is 1.75. The summed E-state index contributed by atoms with van der Waals surface area (Å²) in [4.78, 5) is 23.3. The predicted molar refractivity (Wildman–Crippen MR) is 92.3 cm³/mol. The Hall–Kier alpha value is -2.82. The van der Waals surface area contributed by atoms with Crippen LogP contribution in [-0.4, -0.2) is 31.5 Å². The lowest BCUT2D eigenvalue weighted by molar-refractivity contribution is -0.274. The second-order valence-corrected chi connectivity index (χ2v) is 6.00. The van der Waals surface area contributed by atoms with E-state index in [1.54, 1.807) is 0 Å². The Morgan fingerprint density at radius 3 is 2.32 bits per heavy atom. The second-order valence-electron chi connectivity index (χ2n) is 5.14. The molecule has 0 aliphatic rings. The molecule has 0 aliphatic heterocycles. The van der Waals surface area contributed by atoms with Gasteiger partial charge in [0.05, 0.1) is 4.47 Å². The number of hydrogen-bond donors (Lipinski definition) is 1. The standard InChI is InChI=1S/C17H12BrF4NO5/c18-13-7-10(19)1-6-14(13)26-9-16(25)27-8-15(24)23-11-2-4-12(5-3-11)28-17(20,21)22/h1-7H,8-9H2,(H,23,24). The van der Waals surface area contributed by atoms with E-state index >= 15 is 0 Å². The van der Waals surface area contributed by atoms with E-state index in [0.29, 0.717) is 4.47 Å². The smallest absolute Gasteiger partial charge is 0.481 e. The summed E-state index contributed by atoms with van der Waals surface area (Å²) in [6, 6.07) is 8.02. The highest BCUT2D eigenvalue weighted by Crippen LogP contribution is 2.25. The summed E-state index contributed by atoms with van der Waals surface area (Å²) in [7, 11) is 0. The zero-order valence-corrected chi connectivity index (χ0v) is 15.5. The number of carbonyl (C=O) groups excluding carboxylic acids is 2. The van der Waals surface area contributed by atoms with Crippen molar-refractivity contribution in [3.05, 3.63) is 52.8 Å². The molecule has 0 spiro atoms. The predicted octanol–water partition coefficient (Wildman–Crippen LogP) is 4.05. The lowest BCUT2D eigenvalue weighted by Gasteiger charge is -2.10. The number of rotatable bonds is 7. The molecule has 0 aliphatic carbocycles. The molecule has 1 amide bonds. The van der Waals surface area contributed by atoms with Crippen molar-refractivity contribution in [2.24, 2.45) is 0 Å². The molecule has 0 saturated heterocycles. The molecule has 0 aromatic heterocycles. The van der Waals surface area contributed by atoms with Crippen LogP contribution in [0.3, 0.4) is 0 Å². The third-order valence-electron chi connectivity index (χ3n) is 2.98. The number of ether oxygens (including phenoxy) is 3. The second kappa shape index (κ2) is 9.40. The van der Waals surface area contributed by atoms with Gasteiger partial charge < -0.3 is 19.5 Å². The Bertz CT molecular complexity index is 842. The summed E-state index contributed by atoms with van der Waals surface area (Å²) in [6.07, 6.45) is -4.81. The molecule has 11 heteroatoms. The van der Waals surface area contributed by atoms with E-state index in [4.69, 9.17) is 9.47 Å². The van der Waals surface area contributed by atoms with Crippen LogP contribution in [0.4, 0.5) is 23.2 Å². The Morgan fingerprint density at radius 2 is 1.71 bits per heavy atom. The number of anilines is 1. The minimum absolute atomic E-state index is 0.182. The molecule has 0 unspecified atom stereocenters. The summed E-state index contributed by atoms with van der Waals surface area (Å²) < 4.78 is 63.0. The Morgan fingerprint density at radius 1 is 1.04 bits per heavy atom. The van der Waals surface area contributed by atoms with Gasteiger partial charge in [0.2, 0.25) is 0 Å². The quantitative estimate of drug-likeness (QED) is 0.493. The molecular formula is C17H12BrF4NO5. The van der Waals surface area contributed by atoms with Crippen molar-refractivity contribution in [2.45, 2.75) is 6.36 Å². The van der Waals surface area contributed by atoms with Crippen molar-refractivity contribution < 1.29 is 41.4 Å². The zero-order chi connectivity index (χ0) is 20.7. The molecule has 2 aromatic carbocycles. The average Bonchev–Trinajstić information content (AvgIpc) is 2.59. The topological polar surface area (TPSA) is 73.9 Å². The Kier molecular flexibility index (Phi) is 7.21. The van der Waals surface area contributed by atoms with Crippen molar-refractivity contribution >= 4 is 33.5 Å². The maximum absolute atomic E-state index is 13.0. The normalized spacial score (nSPS) is 10.9. The summed E-state index contributed by atoms with van der Waals surface area (Å²) in [5.74, 6) is -2.28. The molecule has 150 valence electrons. The van der Waals surface area contributed by atoms with Gasteiger partial charge in [-0.2, -0.15) is 0 Å². The van der Waals surface area contributed by atoms with Crippen LogP contribution < -0.4 is 14.8 Å². The number of esters is 1. The maximum atomic E-state index is 13.0. The first kappa shape index (κ1) is 21.5. The molecule has 28 heavy (non-hydrogen) atoms. The van der Waals surface area contributed by atoms with Gasteiger partial charge in [0.25, 0.3) is 5.91 Å². The van der Waals surface area contributed by atoms with E-state index < -0.39 is 43.0 Å². The van der Waals surface area contributed by atoms with E-state index in [2.05, 4.69) is 26.0 Å². The Labute approximate surface area is 164 Å². The highest BCUT2D eigenvalue weighted by atomic mass is 79.9. The largest absolute Gasteiger partial charge is 0.573 e. The molecule has 0 bridgehead atoms. The number of nitrogens with one attached hydrogen (secondary N) is 1. The fourth-order valence-electron chi connectivity index (χ4n) is 1.85. The van der Waals surface area contributed by atoms with E-state index in [-0.39, 0.29) is 11.4 Å². The first-order valence-electron chi connectivity index (χ1n) is 7.51. The van der Waals surface area contributed by atoms with Crippen LogP contribution in [0.5, 0.6) is 11.5 Å². The highest BCUT2D eigenvalue weighted by molar-refractivity contribution is 9.10. The number of carbonyl (C=O) groups is 2. The molecular weight excluding hydrogens is 454 g/mol. The number of benzene rings is 2. The van der Waals surface area contributed by atoms with Gasteiger partial charge >= 0.3 is 12.3 Å². The number of alkyl halides is 3. The van der Waals surface area contributed by atoms with E-state index in [1.165, 1.54) is 18.2 Å². The summed E-state index contributed by atoms with van der Waals surface area (Å²) in [5, 5.41) is 2.33. The molecule has 6 nitrogen and oxygen atoms in total. The molecule has 0 heterocycles. The van der Waals surface area contributed by atoms with Gasteiger partial charge in [-0.1, -0.05) is 0 Å². The van der Waals surface area contributed by atoms with E-state index in [0.717, 1.165) is 24.3 Å². The van der Waals surface area contributed by atoms with Crippen LogP contribution in [0.15, 0.2) is 46.9 Å². The van der Waals surface area contributed by atoms with Gasteiger partial charge in [-0.15, -0.1) is 13.2 Å². The van der Waals surface area contributed by atoms with Crippen LogP contribution in [0.25, 0.3) is 0 Å². The van der Waals surface area contributed by atoms with Crippen molar-refractivity contribution in [3.63, 3.8) is 0 Å². The van der Waals surface area contributed by atoms with Gasteiger partial charge in [-0.05, 0) is 58.4 Å². The minimum atomic E-state index is -4.81. The van der Waals surface area contributed by atoms with Gasteiger partial charge in [0.1, 0.15) is 17.3 Å². The van der Waals surface area contributed by atoms with Gasteiger partial charge in [0, 0.05) is 5.69 Å². The van der Waals surface area contributed by atoms with Crippen molar-refractivity contribution in [1.29, 1.82) is 0 Å². The molecule has 1 N–H and O–H groups in total. The number of halogens is 5. The van der Waals surface area contributed by atoms with E-state index in [9.17, 15) is 27.2 Å². The minimum Gasteiger partial charge on any atom is -0.481 e. The zero-order valence-electron chi connectivity index (χ0n) is 13.9. The van der Waals surface area contributed by atoms with Gasteiger partial charge in [-0.3, -0.25) is 4.79 Å². The summed E-state index contributed by atoms with van der Waals surface area (Å²) in [5.41, 5.74) is 0.182. The van der Waals surface area contributed by atoms with Crippen molar-refractivity contribution in [1.82, 2.24) is 0 Å². The molecule has 0 radical (unpaired) electrons. The van der Waals surface area contributed by atoms with Crippen LogP contribution >= 0.6 is 15.9 Å².